The van der Waals surface area contributed by atoms with E-state index in [0.29, 0.717) is 0 Å². The van der Waals surface area contributed by atoms with E-state index >= 15 is 0 Å². The minimum absolute atomic E-state index is 0.0314. The molecule has 3 amide bonds. The lowest BCUT2D eigenvalue weighted by Gasteiger charge is -2.33. The summed E-state index contributed by atoms with van der Waals surface area (Å²) in [5.41, 5.74) is 0. The summed E-state index contributed by atoms with van der Waals surface area (Å²) in [6.07, 6.45) is 2.24. The molecule has 2 N–H and O–H groups in total. The number of rotatable bonds is 3. The Hall–Kier alpha value is -1.10. The minimum Gasteiger partial charge on any atom is -0.336 e. The number of urea groups is 1. The zero-order chi connectivity index (χ0) is 13.7. The van der Waals surface area contributed by atoms with E-state index in [1.807, 2.05) is 20.8 Å². The van der Waals surface area contributed by atoms with Gasteiger partial charge in [0.1, 0.15) is 0 Å². The summed E-state index contributed by atoms with van der Waals surface area (Å²) in [6.45, 7) is 9.67. The van der Waals surface area contributed by atoms with Crippen LogP contribution in [0.1, 0.15) is 40.5 Å². The zero-order valence-corrected chi connectivity index (χ0v) is 11.8. The number of carbonyl (C=O) groups is 2. The smallest absolute Gasteiger partial charge is 0.321 e. The van der Waals surface area contributed by atoms with E-state index in [-0.39, 0.29) is 18.0 Å². The van der Waals surface area contributed by atoms with Crippen LogP contribution in [0.3, 0.4) is 0 Å². The van der Waals surface area contributed by atoms with Gasteiger partial charge in [-0.1, -0.05) is 6.92 Å². The molecule has 0 aromatic carbocycles. The molecule has 1 aliphatic rings. The molecule has 1 unspecified atom stereocenters. The number of hydrogen-bond acceptors (Lipinski definition) is 3. The van der Waals surface area contributed by atoms with Crippen molar-refractivity contribution >= 4 is 11.9 Å². The number of amides is 3. The first-order valence-electron chi connectivity index (χ1n) is 6.75. The second-order valence-corrected chi connectivity index (χ2v) is 5.51. The van der Waals surface area contributed by atoms with Crippen molar-refractivity contribution in [3.8, 4) is 0 Å². The number of nitrogens with zero attached hydrogens (tertiary/aromatic N) is 1. The van der Waals surface area contributed by atoms with E-state index in [0.717, 1.165) is 31.8 Å². The molecule has 5 heteroatoms. The van der Waals surface area contributed by atoms with Gasteiger partial charge in [-0.2, -0.15) is 0 Å². The summed E-state index contributed by atoms with van der Waals surface area (Å²) < 4.78 is 0. The summed E-state index contributed by atoms with van der Waals surface area (Å²) in [4.78, 5) is 25.5. The molecule has 1 rings (SSSR count). The van der Waals surface area contributed by atoms with Crippen LogP contribution in [0, 0.1) is 5.92 Å². The quantitative estimate of drug-likeness (QED) is 0.800. The van der Waals surface area contributed by atoms with Gasteiger partial charge in [-0.25, -0.2) is 4.79 Å². The van der Waals surface area contributed by atoms with Crippen LogP contribution in [-0.2, 0) is 4.79 Å². The van der Waals surface area contributed by atoms with Gasteiger partial charge in [0.05, 0.1) is 6.04 Å². The standard InChI is InChI=1S/C13H25N3O2/c1-9(2)14-13(18)15-12(17)11(4)16-7-5-10(3)6-8-16/h9-11H,5-8H2,1-4H3,(H2,14,15,17,18). The molecule has 0 spiro atoms. The average molecular weight is 255 g/mol. The Kier molecular flexibility index (Phi) is 5.59. The first-order valence-corrected chi connectivity index (χ1v) is 6.75. The van der Waals surface area contributed by atoms with Gasteiger partial charge in [-0.05, 0) is 52.6 Å². The maximum absolute atomic E-state index is 11.9. The second kappa shape index (κ2) is 6.73. The molecule has 0 bridgehead atoms. The Morgan fingerprint density at radius 2 is 1.72 bits per heavy atom. The SMILES string of the molecule is CC1CCN(C(C)C(=O)NC(=O)NC(C)C)CC1. The van der Waals surface area contributed by atoms with Gasteiger partial charge in [0.15, 0.2) is 0 Å². The highest BCUT2D eigenvalue weighted by atomic mass is 16.2. The van der Waals surface area contributed by atoms with Crippen LogP contribution in [0.2, 0.25) is 0 Å². The molecular weight excluding hydrogens is 230 g/mol. The van der Waals surface area contributed by atoms with Crippen LogP contribution in [0.15, 0.2) is 0 Å². The highest BCUT2D eigenvalue weighted by Crippen LogP contribution is 2.17. The molecule has 1 aliphatic heterocycles. The molecule has 18 heavy (non-hydrogen) atoms. The molecule has 5 nitrogen and oxygen atoms in total. The van der Waals surface area contributed by atoms with Gasteiger partial charge in [-0.15, -0.1) is 0 Å². The molecular formula is C13H25N3O2. The summed E-state index contributed by atoms with van der Waals surface area (Å²) in [5.74, 6) is 0.517. The molecule has 104 valence electrons. The lowest BCUT2D eigenvalue weighted by atomic mass is 9.98. The third kappa shape index (κ3) is 4.64. The number of imide groups is 1. The summed E-state index contributed by atoms with van der Waals surface area (Å²) in [7, 11) is 0. The number of likely N-dealkylation sites (tertiary alicyclic amines) is 1. The minimum atomic E-state index is -0.410. The van der Waals surface area contributed by atoms with E-state index in [2.05, 4.69) is 22.5 Å². The summed E-state index contributed by atoms with van der Waals surface area (Å²) >= 11 is 0. The van der Waals surface area contributed by atoms with E-state index in [1.54, 1.807) is 0 Å². The average Bonchev–Trinajstić information content (AvgIpc) is 2.27. The third-order valence-electron chi connectivity index (χ3n) is 3.40. The fourth-order valence-corrected chi connectivity index (χ4v) is 2.10. The maximum atomic E-state index is 11.9. The molecule has 0 aromatic heterocycles. The monoisotopic (exact) mass is 255 g/mol. The van der Waals surface area contributed by atoms with Crippen molar-refractivity contribution in [2.75, 3.05) is 13.1 Å². The van der Waals surface area contributed by atoms with Crippen LogP contribution >= 0.6 is 0 Å². The van der Waals surface area contributed by atoms with E-state index in [1.165, 1.54) is 0 Å². The first kappa shape index (κ1) is 15.0. The Balaban J connectivity index is 2.39. The summed E-state index contributed by atoms with van der Waals surface area (Å²) in [6, 6.07) is -0.619. The van der Waals surface area contributed by atoms with Crippen molar-refractivity contribution in [2.24, 2.45) is 5.92 Å². The second-order valence-electron chi connectivity index (χ2n) is 5.51. The third-order valence-corrected chi connectivity index (χ3v) is 3.40. The fourth-order valence-electron chi connectivity index (χ4n) is 2.10. The van der Waals surface area contributed by atoms with Gasteiger partial charge < -0.3 is 5.32 Å². The molecule has 1 fully saturated rings. The molecule has 0 saturated carbocycles. The van der Waals surface area contributed by atoms with Crippen LogP contribution in [0.5, 0.6) is 0 Å². The summed E-state index contributed by atoms with van der Waals surface area (Å²) in [5, 5.41) is 5.04. The molecule has 0 aliphatic carbocycles. The van der Waals surface area contributed by atoms with E-state index in [4.69, 9.17) is 0 Å². The lowest BCUT2D eigenvalue weighted by molar-refractivity contribution is -0.125. The lowest BCUT2D eigenvalue weighted by Crippen LogP contribution is -2.52. The predicted octanol–water partition coefficient (Wildman–Crippen LogP) is 1.34. The molecule has 1 atom stereocenters. The molecule has 0 aromatic rings. The van der Waals surface area contributed by atoms with Crippen molar-refractivity contribution < 1.29 is 9.59 Å². The van der Waals surface area contributed by atoms with Crippen molar-refractivity contribution in [3.05, 3.63) is 0 Å². The van der Waals surface area contributed by atoms with Crippen molar-refractivity contribution in [2.45, 2.75) is 52.6 Å². The first-order chi connectivity index (χ1) is 8.40. The molecule has 1 saturated heterocycles. The Labute approximate surface area is 109 Å². The Bertz CT molecular complexity index is 297. The van der Waals surface area contributed by atoms with Gasteiger partial charge in [-0.3, -0.25) is 15.0 Å². The predicted molar refractivity (Wildman–Crippen MR) is 71.2 cm³/mol. The topological polar surface area (TPSA) is 61.4 Å². The Morgan fingerprint density at radius 1 is 1.17 bits per heavy atom. The largest absolute Gasteiger partial charge is 0.336 e. The number of hydrogen-bond donors (Lipinski definition) is 2. The van der Waals surface area contributed by atoms with Gasteiger partial charge in [0.2, 0.25) is 5.91 Å². The van der Waals surface area contributed by atoms with Crippen LogP contribution in [0.25, 0.3) is 0 Å². The van der Waals surface area contributed by atoms with Gasteiger partial charge in [0, 0.05) is 6.04 Å². The van der Waals surface area contributed by atoms with Crippen LogP contribution in [0.4, 0.5) is 4.79 Å². The van der Waals surface area contributed by atoms with E-state index < -0.39 is 6.03 Å². The molecule has 0 radical (unpaired) electrons. The van der Waals surface area contributed by atoms with Gasteiger partial charge >= 0.3 is 6.03 Å². The normalized spacial score (nSPS) is 19.6. The van der Waals surface area contributed by atoms with Crippen LogP contribution < -0.4 is 10.6 Å². The van der Waals surface area contributed by atoms with E-state index in [9.17, 15) is 9.59 Å². The van der Waals surface area contributed by atoms with Crippen molar-refractivity contribution in [1.82, 2.24) is 15.5 Å². The number of nitrogens with one attached hydrogen (secondary N) is 2. The van der Waals surface area contributed by atoms with Crippen molar-refractivity contribution in [1.29, 1.82) is 0 Å². The van der Waals surface area contributed by atoms with Crippen molar-refractivity contribution in [3.63, 3.8) is 0 Å². The maximum Gasteiger partial charge on any atom is 0.321 e. The Morgan fingerprint density at radius 3 is 2.22 bits per heavy atom. The highest BCUT2D eigenvalue weighted by Gasteiger charge is 2.25. The zero-order valence-electron chi connectivity index (χ0n) is 11.8. The van der Waals surface area contributed by atoms with Crippen LogP contribution in [-0.4, -0.2) is 42.0 Å². The highest BCUT2D eigenvalue weighted by molar-refractivity contribution is 5.96. The molecule has 1 heterocycles. The number of carbonyl (C=O) groups excluding carboxylic acids is 2. The van der Waals surface area contributed by atoms with Gasteiger partial charge in [0.25, 0.3) is 0 Å². The number of piperidine rings is 1. The fraction of sp³-hybridized carbons (Fsp3) is 0.846.